The minimum absolute atomic E-state index is 0.142. The Hall–Kier alpha value is -2.25. The normalized spacial score (nSPS) is 13.2. The summed E-state index contributed by atoms with van der Waals surface area (Å²) in [6, 6.07) is 0. The Morgan fingerprint density at radius 2 is 1.02 bits per heavy atom. The summed E-state index contributed by atoms with van der Waals surface area (Å²) in [5.74, 6) is -0.989. The summed E-state index contributed by atoms with van der Waals surface area (Å²) in [6.45, 7) is 3.53. The Balaban J connectivity index is 4.12. The van der Waals surface area contributed by atoms with E-state index in [1.165, 1.54) is 57.8 Å². The third-order valence-corrected chi connectivity index (χ3v) is 7.54. The Morgan fingerprint density at radius 1 is 0.565 bits per heavy atom. The molecule has 2 N–H and O–H groups in total. The third-order valence-electron chi connectivity index (χ3n) is 7.05. The van der Waals surface area contributed by atoms with E-state index in [-0.39, 0.29) is 19.4 Å². The van der Waals surface area contributed by atoms with Crippen molar-refractivity contribution in [3.05, 3.63) is 60.8 Å². The van der Waals surface area contributed by atoms with E-state index in [1.807, 2.05) is 12.2 Å². The average Bonchev–Trinajstić information content (AvgIpc) is 3.02. The van der Waals surface area contributed by atoms with Crippen LogP contribution in [0.2, 0.25) is 0 Å². The number of hydrogen-bond acceptors (Lipinski definition) is 6. The SMILES string of the molecule is CCCCC/C=C/C/C=C/C/C=C/C/C=C/C/C=C/CCC(=O)OC[C@H](COP(=O)(O)O)OC(=O)CCCCCCCCCCC. The molecule has 0 aliphatic heterocycles. The molecule has 264 valence electrons. The number of phosphoric ester groups is 1. The van der Waals surface area contributed by atoms with Crippen molar-refractivity contribution in [3.63, 3.8) is 0 Å². The molecule has 0 aliphatic carbocycles. The molecule has 0 amide bonds. The summed E-state index contributed by atoms with van der Waals surface area (Å²) in [5.41, 5.74) is 0. The lowest BCUT2D eigenvalue weighted by Crippen LogP contribution is -2.29. The van der Waals surface area contributed by atoms with Gasteiger partial charge in [-0.2, -0.15) is 0 Å². The van der Waals surface area contributed by atoms with Crippen LogP contribution in [0, 0.1) is 0 Å². The molecule has 0 aromatic rings. The van der Waals surface area contributed by atoms with Crippen LogP contribution in [0.25, 0.3) is 0 Å². The number of phosphoric acid groups is 1. The van der Waals surface area contributed by atoms with Gasteiger partial charge in [-0.1, -0.05) is 139 Å². The average molecular weight is 667 g/mol. The van der Waals surface area contributed by atoms with E-state index in [0.29, 0.717) is 12.8 Å². The quantitative estimate of drug-likeness (QED) is 0.0325. The number of carbonyl (C=O) groups is 2. The first-order valence-corrected chi connectivity index (χ1v) is 19.1. The molecule has 0 aromatic carbocycles. The lowest BCUT2D eigenvalue weighted by atomic mass is 10.1. The Morgan fingerprint density at radius 3 is 1.54 bits per heavy atom. The summed E-state index contributed by atoms with van der Waals surface area (Å²) in [5, 5.41) is 0. The van der Waals surface area contributed by atoms with Crippen LogP contribution in [-0.4, -0.2) is 41.0 Å². The van der Waals surface area contributed by atoms with Crippen molar-refractivity contribution in [2.24, 2.45) is 0 Å². The van der Waals surface area contributed by atoms with Crippen LogP contribution < -0.4 is 0 Å². The van der Waals surface area contributed by atoms with Gasteiger partial charge in [-0.05, 0) is 51.4 Å². The van der Waals surface area contributed by atoms with Gasteiger partial charge in [0.1, 0.15) is 6.61 Å². The van der Waals surface area contributed by atoms with Gasteiger partial charge in [-0.3, -0.25) is 14.1 Å². The predicted octanol–water partition coefficient (Wildman–Crippen LogP) is 10.2. The van der Waals surface area contributed by atoms with E-state index in [9.17, 15) is 14.2 Å². The third kappa shape index (κ3) is 34.6. The van der Waals surface area contributed by atoms with Crippen LogP contribution in [0.15, 0.2) is 60.8 Å². The van der Waals surface area contributed by atoms with Gasteiger partial charge in [-0.15, -0.1) is 0 Å². The van der Waals surface area contributed by atoms with Gasteiger partial charge >= 0.3 is 19.8 Å². The molecule has 46 heavy (non-hydrogen) atoms. The molecule has 0 saturated carbocycles. The minimum Gasteiger partial charge on any atom is -0.462 e. The first kappa shape index (κ1) is 43.8. The zero-order valence-corrected chi connectivity index (χ0v) is 29.6. The van der Waals surface area contributed by atoms with E-state index in [1.54, 1.807) is 0 Å². The van der Waals surface area contributed by atoms with Gasteiger partial charge in [0.2, 0.25) is 0 Å². The topological polar surface area (TPSA) is 119 Å². The summed E-state index contributed by atoms with van der Waals surface area (Å²) in [4.78, 5) is 42.4. The maximum absolute atomic E-state index is 12.3. The maximum Gasteiger partial charge on any atom is 0.469 e. The van der Waals surface area contributed by atoms with Gasteiger partial charge in [0.15, 0.2) is 6.10 Å². The molecule has 0 radical (unpaired) electrons. The lowest BCUT2D eigenvalue weighted by molar-refractivity contribution is -0.161. The van der Waals surface area contributed by atoms with Gasteiger partial charge in [0.25, 0.3) is 0 Å². The van der Waals surface area contributed by atoms with E-state index >= 15 is 0 Å². The first-order chi connectivity index (χ1) is 22.3. The summed E-state index contributed by atoms with van der Waals surface area (Å²) in [7, 11) is -4.76. The second-order valence-corrected chi connectivity index (χ2v) is 12.7. The monoisotopic (exact) mass is 666 g/mol. The molecule has 0 aliphatic rings. The predicted molar refractivity (Wildman–Crippen MR) is 188 cm³/mol. The van der Waals surface area contributed by atoms with Crippen molar-refractivity contribution in [1.82, 2.24) is 0 Å². The van der Waals surface area contributed by atoms with E-state index in [0.717, 1.165) is 44.9 Å². The van der Waals surface area contributed by atoms with Gasteiger partial charge in [-0.25, -0.2) is 4.57 Å². The van der Waals surface area contributed by atoms with Crippen LogP contribution >= 0.6 is 7.82 Å². The highest BCUT2D eigenvalue weighted by atomic mass is 31.2. The second-order valence-electron chi connectivity index (χ2n) is 11.5. The molecule has 0 rings (SSSR count). The molecule has 0 bridgehead atoms. The van der Waals surface area contributed by atoms with Crippen molar-refractivity contribution >= 4 is 19.8 Å². The number of unbranched alkanes of at least 4 members (excludes halogenated alkanes) is 11. The van der Waals surface area contributed by atoms with Crippen molar-refractivity contribution in [3.8, 4) is 0 Å². The molecule has 0 heterocycles. The highest BCUT2D eigenvalue weighted by Gasteiger charge is 2.22. The molecule has 0 aromatic heterocycles. The Labute approximate surface area is 279 Å². The molecule has 0 saturated heterocycles. The highest BCUT2D eigenvalue weighted by Crippen LogP contribution is 2.35. The standard InChI is InChI=1S/C37H63O8P/c1-3-5-7-9-11-13-14-15-16-17-18-19-20-21-22-24-25-27-29-31-36(38)43-33-35(34-44-46(40,41)42)45-37(39)32-30-28-26-23-12-10-8-6-4-2/h11,13,15-16,18-19,21-22,25,27,35H,3-10,12,14,17,20,23-24,26,28-34H2,1-2H3,(H2,40,41,42)/b13-11+,16-15+,19-18+,22-21+,27-25+/t35-/m1/s1. The van der Waals surface area contributed by atoms with Crippen LogP contribution in [-0.2, 0) is 28.2 Å². The number of carbonyl (C=O) groups excluding carboxylic acids is 2. The number of esters is 2. The largest absolute Gasteiger partial charge is 0.469 e. The van der Waals surface area contributed by atoms with Gasteiger partial charge in [0, 0.05) is 12.8 Å². The highest BCUT2D eigenvalue weighted by molar-refractivity contribution is 7.46. The van der Waals surface area contributed by atoms with Crippen LogP contribution in [0.3, 0.4) is 0 Å². The zero-order valence-electron chi connectivity index (χ0n) is 28.7. The summed E-state index contributed by atoms with van der Waals surface area (Å²) < 4.78 is 26.1. The smallest absolute Gasteiger partial charge is 0.462 e. The van der Waals surface area contributed by atoms with Crippen molar-refractivity contribution in [2.45, 2.75) is 148 Å². The zero-order chi connectivity index (χ0) is 34.0. The second kappa shape index (κ2) is 32.7. The maximum atomic E-state index is 12.3. The molecular weight excluding hydrogens is 603 g/mol. The molecule has 0 unspecified atom stereocenters. The fourth-order valence-corrected chi connectivity index (χ4v) is 4.77. The van der Waals surface area contributed by atoms with Gasteiger partial charge in [0.05, 0.1) is 6.61 Å². The number of rotatable bonds is 31. The lowest BCUT2D eigenvalue weighted by Gasteiger charge is -2.18. The Kier molecular flexibility index (Phi) is 31.1. The molecule has 1 atom stereocenters. The van der Waals surface area contributed by atoms with E-state index < -0.39 is 32.5 Å². The molecule has 0 spiro atoms. The fraction of sp³-hybridized carbons (Fsp3) is 0.676. The fourth-order valence-electron chi connectivity index (χ4n) is 4.41. The number of allylic oxidation sites excluding steroid dienone is 10. The van der Waals surface area contributed by atoms with Crippen LogP contribution in [0.4, 0.5) is 0 Å². The Bertz CT molecular complexity index is 932. The van der Waals surface area contributed by atoms with Crippen molar-refractivity contribution in [2.75, 3.05) is 13.2 Å². The van der Waals surface area contributed by atoms with Crippen LogP contribution in [0.1, 0.15) is 142 Å². The minimum atomic E-state index is -4.76. The van der Waals surface area contributed by atoms with Crippen LogP contribution in [0.5, 0.6) is 0 Å². The number of ether oxygens (including phenoxy) is 2. The molecule has 8 nitrogen and oxygen atoms in total. The summed E-state index contributed by atoms with van der Waals surface area (Å²) >= 11 is 0. The van der Waals surface area contributed by atoms with Crippen molar-refractivity contribution < 1.29 is 37.9 Å². The number of hydrogen-bond donors (Lipinski definition) is 2. The molecule has 9 heteroatoms. The van der Waals surface area contributed by atoms with E-state index in [2.05, 4.69) is 67.0 Å². The van der Waals surface area contributed by atoms with Gasteiger partial charge < -0.3 is 19.3 Å². The molecule has 0 fully saturated rings. The van der Waals surface area contributed by atoms with Crippen molar-refractivity contribution in [1.29, 1.82) is 0 Å². The summed E-state index contributed by atoms with van der Waals surface area (Å²) in [6.07, 6.45) is 39.6. The van der Waals surface area contributed by atoms with E-state index in [4.69, 9.17) is 19.3 Å². The molecular formula is C37H63O8P. The first-order valence-electron chi connectivity index (χ1n) is 17.6.